The summed E-state index contributed by atoms with van der Waals surface area (Å²) in [7, 11) is 0. The zero-order valence-corrected chi connectivity index (χ0v) is 19.1. The maximum absolute atomic E-state index is 12.6. The number of aryl methyl sites for hydroxylation is 2. The highest BCUT2D eigenvalue weighted by Gasteiger charge is 2.25. The third-order valence-electron chi connectivity index (χ3n) is 6.27. The van der Waals surface area contributed by atoms with Crippen molar-refractivity contribution in [3.63, 3.8) is 0 Å². The van der Waals surface area contributed by atoms with Crippen molar-refractivity contribution in [1.82, 2.24) is 5.32 Å². The van der Waals surface area contributed by atoms with Crippen molar-refractivity contribution in [2.75, 3.05) is 19.8 Å². The van der Waals surface area contributed by atoms with E-state index in [1.54, 1.807) is 13.2 Å². The van der Waals surface area contributed by atoms with Crippen LogP contribution in [0.5, 0.6) is 11.5 Å². The van der Waals surface area contributed by atoms with E-state index in [1.165, 1.54) is 31.2 Å². The quantitative estimate of drug-likeness (QED) is 0.302. The Morgan fingerprint density at radius 1 is 1.06 bits per heavy atom. The SMILES string of the molecule is CC(=O)c1c(OCCNC2CCCC2)c(OCCCc2ccccc2)c2occc2c1C. The first-order valence-corrected chi connectivity index (χ1v) is 11.7. The summed E-state index contributed by atoms with van der Waals surface area (Å²) in [6.07, 6.45) is 8.47. The molecular weight excluding hydrogens is 402 g/mol. The number of rotatable bonds is 11. The average Bonchev–Trinajstić information content (AvgIpc) is 3.48. The van der Waals surface area contributed by atoms with Gasteiger partial charge in [-0.1, -0.05) is 43.2 Å². The van der Waals surface area contributed by atoms with Crippen LogP contribution < -0.4 is 14.8 Å². The molecule has 1 saturated carbocycles. The van der Waals surface area contributed by atoms with Crippen molar-refractivity contribution in [1.29, 1.82) is 0 Å². The number of hydrogen-bond donors (Lipinski definition) is 1. The van der Waals surface area contributed by atoms with Gasteiger partial charge < -0.3 is 19.2 Å². The van der Waals surface area contributed by atoms with E-state index < -0.39 is 0 Å². The van der Waals surface area contributed by atoms with Crippen LogP contribution in [0.25, 0.3) is 11.0 Å². The van der Waals surface area contributed by atoms with Crippen LogP contribution in [0.4, 0.5) is 0 Å². The Bertz CT molecular complexity index is 1030. The summed E-state index contributed by atoms with van der Waals surface area (Å²) in [5.74, 6) is 1.01. The van der Waals surface area contributed by atoms with Gasteiger partial charge in [-0.2, -0.15) is 0 Å². The number of hydrogen-bond acceptors (Lipinski definition) is 5. The van der Waals surface area contributed by atoms with Crippen LogP contribution in [0.3, 0.4) is 0 Å². The van der Waals surface area contributed by atoms with Gasteiger partial charge in [-0.3, -0.25) is 4.79 Å². The minimum Gasteiger partial charge on any atom is -0.487 e. The van der Waals surface area contributed by atoms with E-state index in [2.05, 4.69) is 17.4 Å². The summed E-state index contributed by atoms with van der Waals surface area (Å²) < 4.78 is 18.2. The van der Waals surface area contributed by atoms with Crippen LogP contribution in [0.15, 0.2) is 47.1 Å². The van der Waals surface area contributed by atoms with Crippen LogP contribution in [0.2, 0.25) is 0 Å². The lowest BCUT2D eigenvalue weighted by Gasteiger charge is -2.19. The molecule has 0 aliphatic heterocycles. The minimum absolute atomic E-state index is 0.0292. The highest BCUT2D eigenvalue weighted by molar-refractivity contribution is 6.05. The Morgan fingerprint density at radius 2 is 1.81 bits per heavy atom. The molecule has 5 nitrogen and oxygen atoms in total. The lowest BCUT2D eigenvalue weighted by molar-refractivity contribution is 0.101. The number of benzene rings is 2. The predicted molar refractivity (Wildman–Crippen MR) is 127 cm³/mol. The van der Waals surface area contributed by atoms with Gasteiger partial charge >= 0.3 is 0 Å². The average molecular weight is 436 g/mol. The number of carbonyl (C=O) groups is 1. The fraction of sp³-hybridized carbons (Fsp3) is 0.444. The summed E-state index contributed by atoms with van der Waals surface area (Å²) in [4.78, 5) is 12.6. The first kappa shape index (κ1) is 22.4. The van der Waals surface area contributed by atoms with Crippen LogP contribution in [-0.2, 0) is 6.42 Å². The normalized spacial score (nSPS) is 14.2. The Morgan fingerprint density at radius 3 is 2.56 bits per heavy atom. The lowest BCUT2D eigenvalue weighted by Crippen LogP contribution is -2.30. The fourth-order valence-electron chi connectivity index (χ4n) is 4.64. The van der Waals surface area contributed by atoms with E-state index >= 15 is 0 Å². The van der Waals surface area contributed by atoms with E-state index in [4.69, 9.17) is 13.9 Å². The summed E-state index contributed by atoms with van der Waals surface area (Å²) in [5, 5.41) is 4.46. The molecule has 1 N–H and O–H groups in total. The number of furan rings is 1. The molecule has 0 amide bonds. The minimum atomic E-state index is -0.0292. The van der Waals surface area contributed by atoms with Crippen LogP contribution >= 0.6 is 0 Å². The second-order valence-corrected chi connectivity index (χ2v) is 8.60. The van der Waals surface area contributed by atoms with Crippen molar-refractivity contribution in [2.24, 2.45) is 0 Å². The van der Waals surface area contributed by atoms with Crippen molar-refractivity contribution in [3.05, 3.63) is 59.4 Å². The second-order valence-electron chi connectivity index (χ2n) is 8.60. The van der Waals surface area contributed by atoms with Gasteiger partial charge in [0.1, 0.15) is 6.61 Å². The molecule has 1 aromatic heterocycles. The van der Waals surface area contributed by atoms with Crippen LogP contribution in [0, 0.1) is 6.92 Å². The van der Waals surface area contributed by atoms with Gasteiger partial charge in [-0.15, -0.1) is 0 Å². The number of carbonyl (C=O) groups excluding carboxylic acids is 1. The molecule has 0 saturated heterocycles. The van der Waals surface area contributed by atoms with Gasteiger partial charge in [0.05, 0.1) is 18.4 Å². The molecule has 32 heavy (non-hydrogen) atoms. The zero-order chi connectivity index (χ0) is 22.3. The Kier molecular flexibility index (Phi) is 7.48. The second kappa shape index (κ2) is 10.7. The molecule has 4 rings (SSSR count). The first-order valence-electron chi connectivity index (χ1n) is 11.7. The molecule has 0 unspecified atom stereocenters. The topological polar surface area (TPSA) is 60.7 Å². The van der Waals surface area contributed by atoms with Crippen molar-refractivity contribution in [3.8, 4) is 11.5 Å². The molecule has 0 spiro atoms. The standard InChI is InChI=1S/C27H33NO4/c1-19-23-14-17-31-25(23)27(30-16-8-11-21-9-4-3-5-10-21)26(24(19)20(2)29)32-18-15-28-22-12-6-7-13-22/h3-5,9-10,14,17,22,28H,6-8,11-13,15-16,18H2,1-2H3. The molecule has 3 aromatic rings. The van der Waals surface area contributed by atoms with Gasteiger partial charge in [-0.25, -0.2) is 0 Å². The number of fused-ring (bicyclic) bond motifs is 1. The van der Waals surface area contributed by atoms with Crippen LogP contribution in [-0.4, -0.2) is 31.6 Å². The summed E-state index contributed by atoms with van der Waals surface area (Å²) in [5.41, 5.74) is 3.38. The Labute approximate surface area is 190 Å². The van der Waals surface area contributed by atoms with Crippen molar-refractivity contribution >= 4 is 16.8 Å². The van der Waals surface area contributed by atoms with Crippen LogP contribution in [0.1, 0.15) is 60.5 Å². The molecule has 0 radical (unpaired) electrons. The molecule has 1 fully saturated rings. The third kappa shape index (κ3) is 5.16. The van der Waals surface area contributed by atoms with Gasteiger partial charge in [0.15, 0.2) is 17.1 Å². The predicted octanol–water partition coefficient (Wildman–Crippen LogP) is 5.87. The first-order chi connectivity index (χ1) is 15.6. The monoisotopic (exact) mass is 435 g/mol. The maximum Gasteiger partial charge on any atom is 0.205 e. The molecule has 1 aliphatic rings. The van der Waals surface area contributed by atoms with E-state index in [0.29, 0.717) is 41.9 Å². The van der Waals surface area contributed by atoms with E-state index in [-0.39, 0.29) is 5.78 Å². The summed E-state index contributed by atoms with van der Waals surface area (Å²) in [6.45, 7) is 5.25. The molecule has 1 aliphatic carbocycles. The molecule has 0 bridgehead atoms. The van der Waals surface area contributed by atoms with Gasteiger partial charge in [0.2, 0.25) is 5.75 Å². The highest BCUT2D eigenvalue weighted by atomic mass is 16.5. The largest absolute Gasteiger partial charge is 0.487 e. The zero-order valence-electron chi connectivity index (χ0n) is 19.1. The molecular formula is C27H33NO4. The van der Waals surface area contributed by atoms with E-state index in [1.807, 2.05) is 31.2 Å². The smallest absolute Gasteiger partial charge is 0.205 e. The molecule has 0 atom stereocenters. The highest BCUT2D eigenvalue weighted by Crippen LogP contribution is 2.43. The van der Waals surface area contributed by atoms with E-state index in [9.17, 15) is 4.79 Å². The van der Waals surface area contributed by atoms with E-state index in [0.717, 1.165) is 30.3 Å². The number of nitrogens with one attached hydrogen (secondary N) is 1. The fourth-order valence-corrected chi connectivity index (χ4v) is 4.64. The Hall–Kier alpha value is -2.79. The van der Waals surface area contributed by atoms with Gasteiger partial charge in [-0.05, 0) is 56.7 Å². The molecule has 1 heterocycles. The number of Topliss-reactive ketones (excluding diaryl/α,β-unsaturated/α-hetero) is 1. The maximum atomic E-state index is 12.6. The summed E-state index contributed by atoms with van der Waals surface area (Å²) in [6, 6.07) is 12.8. The molecule has 5 heteroatoms. The molecule has 2 aromatic carbocycles. The third-order valence-corrected chi connectivity index (χ3v) is 6.27. The van der Waals surface area contributed by atoms with Gasteiger partial charge in [0.25, 0.3) is 0 Å². The van der Waals surface area contributed by atoms with Gasteiger partial charge in [0, 0.05) is 18.0 Å². The number of ketones is 1. The summed E-state index contributed by atoms with van der Waals surface area (Å²) >= 11 is 0. The van der Waals surface area contributed by atoms with Crippen molar-refractivity contribution < 1.29 is 18.7 Å². The Balaban J connectivity index is 1.51. The van der Waals surface area contributed by atoms with Crippen molar-refractivity contribution in [2.45, 2.75) is 58.4 Å². The molecule has 170 valence electrons. The number of ether oxygens (including phenoxy) is 2. The lowest BCUT2D eigenvalue weighted by atomic mass is 9.99.